The Balaban J connectivity index is 1.42. The summed E-state index contributed by atoms with van der Waals surface area (Å²) in [4.78, 5) is 41.8. The third-order valence-corrected chi connectivity index (χ3v) is 5.85. The number of fused-ring (bicyclic) bond motifs is 1. The monoisotopic (exact) mass is 538 g/mol. The molecular weight excluding hydrogens is 519 g/mol. The fourth-order valence-electron chi connectivity index (χ4n) is 4.05. The minimum atomic E-state index is -4.53. The molecule has 1 fully saturated rings. The molecule has 16 heteroatoms. The Morgan fingerprint density at radius 1 is 1.18 bits per heavy atom. The Morgan fingerprint density at radius 3 is 2.68 bits per heavy atom. The van der Waals surface area contributed by atoms with Crippen LogP contribution in [0.15, 0.2) is 40.3 Å². The van der Waals surface area contributed by atoms with Gasteiger partial charge in [-0.25, -0.2) is 28.5 Å². The van der Waals surface area contributed by atoms with Crippen molar-refractivity contribution >= 4 is 16.7 Å². The smallest absolute Gasteiger partial charge is 0.408 e. The van der Waals surface area contributed by atoms with Gasteiger partial charge >= 0.3 is 17.8 Å². The summed E-state index contributed by atoms with van der Waals surface area (Å²) in [7, 11) is 0. The van der Waals surface area contributed by atoms with E-state index in [0.717, 1.165) is 6.07 Å². The number of aromatic amines is 2. The fourth-order valence-corrected chi connectivity index (χ4v) is 4.05. The topological polar surface area (TPSA) is 135 Å². The third-order valence-electron chi connectivity index (χ3n) is 5.85. The largest absolute Gasteiger partial charge is 0.466 e. The first kappa shape index (κ1) is 25.3. The summed E-state index contributed by atoms with van der Waals surface area (Å²) >= 11 is 0. The molecule has 0 radical (unpaired) electrons. The molecule has 5 heterocycles. The Labute approximate surface area is 209 Å². The highest BCUT2D eigenvalue weighted by Crippen LogP contribution is 2.34. The number of halogens is 5. The Bertz CT molecular complexity index is 1610. The molecule has 1 aliphatic heterocycles. The van der Waals surface area contributed by atoms with Crippen molar-refractivity contribution in [1.82, 2.24) is 34.7 Å². The summed E-state index contributed by atoms with van der Waals surface area (Å²) in [6.07, 6.45) is -2.34. The lowest BCUT2D eigenvalue weighted by Gasteiger charge is -2.18. The number of hydrogen-bond donors (Lipinski definition) is 2. The molecule has 2 N–H and O–H groups in total. The molecule has 0 saturated carbocycles. The zero-order valence-corrected chi connectivity index (χ0v) is 19.6. The minimum Gasteiger partial charge on any atom is -0.466 e. The van der Waals surface area contributed by atoms with Gasteiger partial charge in [-0.1, -0.05) is 6.92 Å². The highest BCUT2D eigenvalue weighted by atomic mass is 19.4. The summed E-state index contributed by atoms with van der Waals surface area (Å²) in [6, 6.07) is 2.48. The Morgan fingerprint density at radius 2 is 1.97 bits per heavy atom. The molecule has 11 nitrogen and oxygen atoms in total. The molecular formula is C22H19F5N8O3. The van der Waals surface area contributed by atoms with Crippen LogP contribution >= 0.6 is 0 Å². The van der Waals surface area contributed by atoms with Gasteiger partial charge in [0.2, 0.25) is 5.88 Å². The van der Waals surface area contributed by atoms with Crippen molar-refractivity contribution < 1.29 is 26.7 Å². The van der Waals surface area contributed by atoms with E-state index in [4.69, 9.17) is 4.74 Å². The van der Waals surface area contributed by atoms with Crippen LogP contribution in [-0.2, 0) is 13.0 Å². The van der Waals surface area contributed by atoms with Gasteiger partial charge < -0.3 is 14.6 Å². The van der Waals surface area contributed by atoms with Crippen LogP contribution in [0.25, 0.3) is 22.2 Å². The Hall–Kier alpha value is -4.37. The quantitative estimate of drug-likeness (QED) is 0.357. The van der Waals surface area contributed by atoms with E-state index < -0.39 is 42.5 Å². The normalized spacial score (nSPS) is 17.3. The van der Waals surface area contributed by atoms with Gasteiger partial charge in [-0.15, -0.1) is 0 Å². The van der Waals surface area contributed by atoms with Gasteiger partial charge in [0.25, 0.3) is 5.56 Å². The second-order valence-corrected chi connectivity index (χ2v) is 8.61. The van der Waals surface area contributed by atoms with Gasteiger partial charge in [-0.05, 0) is 0 Å². The Kier molecular flexibility index (Phi) is 6.11. The first-order chi connectivity index (χ1) is 17.9. The maximum absolute atomic E-state index is 15.0. The molecule has 4 aromatic rings. The number of ether oxygens (including phenoxy) is 1. The van der Waals surface area contributed by atoms with Crippen molar-refractivity contribution in [1.29, 1.82) is 0 Å². The van der Waals surface area contributed by atoms with Gasteiger partial charge in [-0.2, -0.15) is 18.3 Å². The van der Waals surface area contributed by atoms with Gasteiger partial charge in [0.15, 0.2) is 6.10 Å². The molecule has 0 aliphatic carbocycles. The standard InChI is InChI=1S/C22H19F5N8O3/c1-2-16-31-13(12-7-29-20(37)33-19(12)36)3-17(32-16)34-8-15(21(23,24)9-34)38-18-4-14-11(5-28-18)6-30-35(14)10-22(25,26)27/h3-7,15H,2,8-10H2,1H3,(H2,29,33,36,37). The SMILES string of the molecule is CCc1nc(-c2c[nH]c(=O)[nH]c2=O)cc(N2CC(Oc3cc4c(cn3)cnn4CC(F)(F)F)C(F)(F)C2)n1. The van der Waals surface area contributed by atoms with Gasteiger partial charge in [0.05, 0.1) is 36.1 Å². The molecule has 38 heavy (non-hydrogen) atoms. The highest BCUT2D eigenvalue weighted by Gasteiger charge is 2.51. The summed E-state index contributed by atoms with van der Waals surface area (Å²) in [5.74, 6) is -3.28. The van der Waals surface area contributed by atoms with Crippen LogP contribution in [0, 0.1) is 0 Å². The van der Waals surface area contributed by atoms with Crippen molar-refractivity contribution in [2.24, 2.45) is 0 Å². The number of aryl methyl sites for hydroxylation is 1. The molecule has 4 aromatic heterocycles. The van der Waals surface area contributed by atoms with Crippen LogP contribution in [0.1, 0.15) is 12.7 Å². The number of alkyl halides is 5. The van der Waals surface area contributed by atoms with E-state index in [1.807, 2.05) is 0 Å². The number of aromatic nitrogens is 7. The predicted octanol–water partition coefficient (Wildman–Crippen LogP) is 2.29. The molecule has 0 bridgehead atoms. The minimum absolute atomic E-state index is 0.0229. The first-order valence-electron chi connectivity index (χ1n) is 11.3. The number of rotatable bonds is 6. The molecule has 5 rings (SSSR count). The van der Waals surface area contributed by atoms with E-state index in [1.54, 1.807) is 6.92 Å². The predicted molar refractivity (Wildman–Crippen MR) is 123 cm³/mol. The van der Waals surface area contributed by atoms with Crippen LogP contribution in [0.3, 0.4) is 0 Å². The summed E-state index contributed by atoms with van der Waals surface area (Å²) in [5, 5.41) is 3.97. The van der Waals surface area contributed by atoms with Crippen molar-refractivity contribution in [3.05, 3.63) is 57.4 Å². The number of H-pyrrole nitrogens is 2. The van der Waals surface area contributed by atoms with Gasteiger partial charge in [0, 0.05) is 36.3 Å². The third kappa shape index (κ3) is 5.05. The van der Waals surface area contributed by atoms with E-state index in [9.17, 15) is 22.8 Å². The molecule has 200 valence electrons. The molecule has 0 aromatic carbocycles. The van der Waals surface area contributed by atoms with Crippen LogP contribution in [0.2, 0.25) is 0 Å². The second-order valence-electron chi connectivity index (χ2n) is 8.61. The van der Waals surface area contributed by atoms with E-state index in [2.05, 4.69) is 30.0 Å². The second kappa shape index (κ2) is 9.18. The van der Waals surface area contributed by atoms with Crippen molar-refractivity contribution in [3.63, 3.8) is 0 Å². The number of nitrogens with one attached hydrogen (secondary N) is 2. The lowest BCUT2D eigenvalue weighted by molar-refractivity contribution is -0.141. The molecule has 1 saturated heterocycles. The fraction of sp³-hybridized carbons (Fsp3) is 0.364. The summed E-state index contributed by atoms with van der Waals surface area (Å²) < 4.78 is 74.7. The van der Waals surface area contributed by atoms with Gasteiger partial charge in [0.1, 0.15) is 18.2 Å². The van der Waals surface area contributed by atoms with E-state index in [0.29, 0.717) is 16.5 Å². The maximum Gasteiger partial charge on any atom is 0.408 e. The van der Waals surface area contributed by atoms with E-state index in [1.165, 1.54) is 29.6 Å². The van der Waals surface area contributed by atoms with Gasteiger partial charge in [-0.3, -0.25) is 14.5 Å². The number of nitrogens with zero attached hydrogens (tertiary/aromatic N) is 6. The van der Waals surface area contributed by atoms with E-state index >= 15 is 8.78 Å². The molecule has 1 aliphatic rings. The molecule has 0 spiro atoms. The highest BCUT2D eigenvalue weighted by molar-refractivity contribution is 5.78. The zero-order valence-electron chi connectivity index (χ0n) is 19.6. The number of pyridine rings is 1. The lowest BCUT2D eigenvalue weighted by atomic mass is 10.2. The number of hydrogen-bond acceptors (Lipinski definition) is 8. The average molecular weight is 538 g/mol. The van der Waals surface area contributed by atoms with Crippen molar-refractivity contribution in [2.75, 3.05) is 18.0 Å². The van der Waals surface area contributed by atoms with Crippen molar-refractivity contribution in [3.8, 4) is 17.1 Å². The summed E-state index contributed by atoms with van der Waals surface area (Å²) in [5.41, 5.74) is -1.24. The molecule has 1 atom stereocenters. The van der Waals surface area contributed by atoms with Crippen molar-refractivity contribution in [2.45, 2.75) is 38.1 Å². The number of anilines is 1. The average Bonchev–Trinajstić information content (AvgIpc) is 3.37. The summed E-state index contributed by atoms with van der Waals surface area (Å²) in [6.45, 7) is -0.735. The van der Waals surface area contributed by atoms with Crippen LogP contribution < -0.4 is 20.9 Å². The maximum atomic E-state index is 15.0. The van der Waals surface area contributed by atoms with Crippen LogP contribution in [0.5, 0.6) is 5.88 Å². The molecule has 1 unspecified atom stereocenters. The van der Waals surface area contributed by atoms with E-state index in [-0.39, 0.29) is 40.8 Å². The first-order valence-corrected chi connectivity index (χ1v) is 11.3. The van der Waals surface area contributed by atoms with Crippen LogP contribution in [0.4, 0.5) is 27.8 Å². The van der Waals surface area contributed by atoms with Crippen LogP contribution in [-0.4, -0.2) is 66.0 Å². The molecule has 0 amide bonds. The lowest BCUT2D eigenvalue weighted by Crippen LogP contribution is -2.36. The zero-order chi connectivity index (χ0) is 27.2.